The van der Waals surface area contributed by atoms with Crippen LogP contribution in [0.2, 0.25) is 0 Å². The number of carbonyl (C=O) groups is 2. The van der Waals surface area contributed by atoms with E-state index in [0.29, 0.717) is 11.3 Å². The van der Waals surface area contributed by atoms with Crippen LogP contribution >= 0.6 is 12.2 Å². The number of aromatic carboxylic acids is 1. The first kappa shape index (κ1) is 19.7. The highest BCUT2D eigenvalue weighted by Crippen LogP contribution is 2.25. The van der Waals surface area contributed by atoms with E-state index < -0.39 is 11.9 Å². The van der Waals surface area contributed by atoms with Gasteiger partial charge in [0.15, 0.2) is 11.5 Å². The SMILES string of the molecule is COc1cc(/C=N/NC(=S)NNC(=O)c2ccccc2C(=O)O)ccc1O. The number of phenolic OH excluding ortho intramolecular Hbond substituents is 1. The van der Waals surface area contributed by atoms with E-state index in [1.165, 1.54) is 37.6 Å². The molecule has 0 spiro atoms. The summed E-state index contributed by atoms with van der Waals surface area (Å²) >= 11 is 4.96. The molecule has 0 aliphatic heterocycles. The minimum Gasteiger partial charge on any atom is -0.504 e. The van der Waals surface area contributed by atoms with Crippen molar-refractivity contribution in [1.29, 1.82) is 0 Å². The molecule has 0 bridgehead atoms. The van der Waals surface area contributed by atoms with Gasteiger partial charge < -0.3 is 14.9 Å². The lowest BCUT2D eigenvalue weighted by atomic mass is 10.1. The molecule has 0 fully saturated rings. The van der Waals surface area contributed by atoms with Crippen molar-refractivity contribution >= 4 is 35.4 Å². The standard InChI is InChI=1S/C17H16N4O5S/c1-26-14-8-10(6-7-13(14)22)9-18-20-17(27)21-19-15(23)11-4-2-3-5-12(11)16(24)25/h2-9,22H,1H3,(H,19,23)(H,24,25)(H2,20,21,27)/b18-9+. The molecule has 0 aliphatic rings. The first-order valence-corrected chi connectivity index (χ1v) is 7.92. The summed E-state index contributed by atoms with van der Waals surface area (Å²) in [5.41, 5.74) is 7.68. The van der Waals surface area contributed by atoms with Gasteiger partial charge >= 0.3 is 5.97 Å². The molecule has 5 N–H and O–H groups in total. The lowest BCUT2D eigenvalue weighted by molar-refractivity contribution is 0.0690. The first-order chi connectivity index (χ1) is 12.9. The molecule has 0 radical (unpaired) electrons. The Morgan fingerprint density at radius 3 is 2.52 bits per heavy atom. The Kier molecular flexibility index (Phi) is 6.67. The van der Waals surface area contributed by atoms with Crippen molar-refractivity contribution in [1.82, 2.24) is 16.3 Å². The number of hydrogen-bond acceptors (Lipinski definition) is 6. The van der Waals surface area contributed by atoms with Crippen LogP contribution in [0.5, 0.6) is 11.5 Å². The molecule has 10 heteroatoms. The Bertz CT molecular complexity index is 901. The molecule has 27 heavy (non-hydrogen) atoms. The van der Waals surface area contributed by atoms with Gasteiger partial charge in [0.1, 0.15) is 0 Å². The van der Waals surface area contributed by atoms with Gasteiger partial charge in [-0.05, 0) is 48.1 Å². The molecule has 0 saturated carbocycles. The molecule has 2 aromatic carbocycles. The zero-order valence-electron chi connectivity index (χ0n) is 14.1. The van der Waals surface area contributed by atoms with Gasteiger partial charge in [-0.1, -0.05) is 12.1 Å². The fourth-order valence-corrected chi connectivity index (χ4v) is 2.12. The predicted octanol–water partition coefficient (Wildman–Crippen LogP) is 1.24. The van der Waals surface area contributed by atoms with E-state index in [9.17, 15) is 14.7 Å². The van der Waals surface area contributed by atoms with Crippen LogP contribution in [0.1, 0.15) is 26.3 Å². The van der Waals surface area contributed by atoms with Crippen LogP contribution in [0.3, 0.4) is 0 Å². The molecule has 0 unspecified atom stereocenters. The van der Waals surface area contributed by atoms with Crippen molar-refractivity contribution in [3.05, 3.63) is 59.2 Å². The molecule has 0 aliphatic carbocycles. The second-order valence-electron chi connectivity index (χ2n) is 5.06. The number of hydrazine groups is 1. The number of benzene rings is 2. The van der Waals surface area contributed by atoms with Gasteiger partial charge in [-0.15, -0.1) is 0 Å². The number of rotatable bonds is 5. The maximum atomic E-state index is 12.1. The van der Waals surface area contributed by atoms with Crippen molar-refractivity contribution in [3.8, 4) is 11.5 Å². The van der Waals surface area contributed by atoms with E-state index in [4.69, 9.17) is 22.1 Å². The van der Waals surface area contributed by atoms with Crippen LogP contribution in [0, 0.1) is 0 Å². The number of carboxylic acids is 1. The Labute approximate surface area is 159 Å². The molecule has 140 valence electrons. The number of thiocarbonyl (C=S) groups is 1. The second-order valence-corrected chi connectivity index (χ2v) is 5.47. The fraction of sp³-hybridized carbons (Fsp3) is 0.0588. The number of hydrogen-bond donors (Lipinski definition) is 5. The van der Waals surface area contributed by atoms with Gasteiger partial charge in [-0.25, -0.2) is 4.79 Å². The highest BCUT2D eigenvalue weighted by atomic mass is 32.1. The van der Waals surface area contributed by atoms with Gasteiger partial charge in [0.2, 0.25) is 5.11 Å². The summed E-state index contributed by atoms with van der Waals surface area (Å²) < 4.78 is 4.99. The van der Waals surface area contributed by atoms with Crippen LogP contribution < -0.4 is 21.0 Å². The zero-order valence-corrected chi connectivity index (χ0v) is 14.9. The van der Waals surface area contributed by atoms with E-state index in [1.54, 1.807) is 18.2 Å². The number of methoxy groups -OCH3 is 1. The zero-order chi connectivity index (χ0) is 19.8. The van der Waals surface area contributed by atoms with Gasteiger partial charge in [0.05, 0.1) is 24.5 Å². The van der Waals surface area contributed by atoms with Gasteiger partial charge in [-0.3, -0.25) is 21.1 Å². The number of amides is 1. The number of hydrazone groups is 1. The highest BCUT2D eigenvalue weighted by molar-refractivity contribution is 7.80. The fourth-order valence-electron chi connectivity index (χ4n) is 2.02. The van der Waals surface area contributed by atoms with Crippen molar-refractivity contribution < 1.29 is 24.5 Å². The monoisotopic (exact) mass is 388 g/mol. The quantitative estimate of drug-likeness (QED) is 0.294. The van der Waals surface area contributed by atoms with Crippen LogP contribution in [-0.2, 0) is 0 Å². The smallest absolute Gasteiger partial charge is 0.336 e. The third kappa shape index (κ3) is 5.41. The summed E-state index contributed by atoms with van der Waals surface area (Å²) in [6.45, 7) is 0. The van der Waals surface area contributed by atoms with Crippen LogP contribution in [0.15, 0.2) is 47.6 Å². The highest BCUT2D eigenvalue weighted by Gasteiger charge is 2.15. The molecule has 9 nitrogen and oxygen atoms in total. The summed E-state index contributed by atoms with van der Waals surface area (Å²) in [5.74, 6) is -1.58. The Hall–Kier alpha value is -3.66. The number of phenols is 1. The number of ether oxygens (including phenoxy) is 1. The third-order valence-electron chi connectivity index (χ3n) is 3.28. The Morgan fingerprint density at radius 1 is 1.15 bits per heavy atom. The number of nitrogens with one attached hydrogen (secondary N) is 3. The molecule has 0 heterocycles. The number of carbonyl (C=O) groups excluding carboxylic acids is 1. The first-order valence-electron chi connectivity index (χ1n) is 7.51. The topological polar surface area (TPSA) is 132 Å². The van der Waals surface area contributed by atoms with Crippen molar-refractivity contribution in [3.63, 3.8) is 0 Å². The Balaban J connectivity index is 1.89. The predicted molar refractivity (Wildman–Crippen MR) is 102 cm³/mol. The summed E-state index contributed by atoms with van der Waals surface area (Å²) in [6.07, 6.45) is 1.43. The van der Waals surface area contributed by atoms with Crippen LogP contribution in [0.25, 0.3) is 0 Å². The average molecular weight is 388 g/mol. The molecule has 0 saturated heterocycles. The number of nitrogens with zero attached hydrogens (tertiary/aromatic N) is 1. The summed E-state index contributed by atoms with van der Waals surface area (Å²) in [6, 6.07) is 10.4. The maximum absolute atomic E-state index is 12.1. The molecule has 1 amide bonds. The second kappa shape index (κ2) is 9.15. The minimum absolute atomic E-state index is 0.00384. The van der Waals surface area contributed by atoms with E-state index in [1.807, 2.05) is 0 Å². The van der Waals surface area contributed by atoms with Crippen molar-refractivity contribution in [2.24, 2.45) is 5.10 Å². The molecule has 2 rings (SSSR count). The number of carboxylic acid groups (broad SMARTS) is 1. The molecule has 2 aromatic rings. The van der Waals surface area contributed by atoms with E-state index in [2.05, 4.69) is 21.4 Å². The summed E-state index contributed by atoms with van der Waals surface area (Å²) in [7, 11) is 1.43. The molecule has 0 aromatic heterocycles. The van der Waals surface area contributed by atoms with Gasteiger partial charge in [-0.2, -0.15) is 5.10 Å². The third-order valence-corrected chi connectivity index (χ3v) is 3.47. The van der Waals surface area contributed by atoms with E-state index in [-0.39, 0.29) is 22.0 Å². The molecular weight excluding hydrogens is 372 g/mol. The average Bonchev–Trinajstić information content (AvgIpc) is 2.67. The Morgan fingerprint density at radius 2 is 1.85 bits per heavy atom. The maximum Gasteiger partial charge on any atom is 0.336 e. The van der Waals surface area contributed by atoms with Crippen molar-refractivity contribution in [2.75, 3.05) is 7.11 Å². The van der Waals surface area contributed by atoms with Gasteiger partial charge in [0, 0.05) is 0 Å². The summed E-state index contributed by atoms with van der Waals surface area (Å²) in [5, 5.41) is 22.5. The minimum atomic E-state index is -1.21. The molecular formula is C17H16N4O5S. The molecule has 0 atom stereocenters. The van der Waals surface area contributed by atoms with Gasteiger partial charge in [0.25, 0.3) is 5.91 Å². The lowest BCUT2D eigenvalue weighted by Gasteiger charge is -2.10. The van der Waals surface area contributed by atoms with Crippen LogP contribution in [0.4, 0.5) is 0 Å². The summed E-state index contributed by atoms with van der Waals surface area (Å²) in [4.78, 5) is 23.2. The largest absolute Gasteiger partial charge is 0.504 e. The van der Waals surface area contributed by atoms with Crippen LogP contribution in [-0.4, -0.2) is 40.5 Å². The van der Waals surface area contributed by atoms with E-state index >= 15 is 0 Å². The van der Waals surface area contributed by atoms with Crippen molar-refractivity contribution in [2.45, 2.75) is 0 Å². The lowest BCUT2D eigenvalue weighted by Crippen LogP contribution is -2.45. The number of aromatic hydroxyl groups is 1. The normalized spacial score (nSPS) is 10.3. The van der Waals surface area contributed by atoms with E-state index in [0.717, 1.165) is 0 Å².